The number of allylic oxidation sites excluding steroid dienone is 22. The topological polar surface area (TPSA) is 111 Å². The molecule has 0 rings (SSSR count). The quantitative estimate of drug-likeness (QED) is 0.0195. The largest absolute Gasteiger partial charge is 0.756 e. The van der Waals surface area contributed by atoms with Crippen LogP contribution in [0.4, 0.5) is 0 Å². The highest BCUT2D eigenvalue weighted by atomic mass is 31.2. The number of carbonyl (C=O) groups is 2. The molecule has 0 aromatic carbocycles. The molecule has 0 aliphatic heterocycles. The van der Waals surface area contributed by atoms with Crippen LogP contribution in [0, 0.1) is 0 Å². The lowest BCUT2D eigenvalue weighted by Crippen LogP contribution is -2.37. The molecule has 0 aromatic heterocycles. The average molecular weight is 1470 g/mol. The fourth-order valence-electron chi connectivity index (χ4n) is 12.5. The maximum atomic E-state index is 12.9. The lowest BCUT2D eigenvalue weighted by atomic mass is 10.0. The zero-order valence-electron chi connectivity index (χ0n) is 68.7. The van der Waals surface area contributed by atoms with E-state index in [1.165, 1.54) is 257 Å². The number of phosphoric ester groups is 1. The summed E-state index contributed by atoms with van der Waals surface area (Å²) >= 11 is 0. The van der Waals surface area contributed by atoms with Gasteiger partial charge in [-0.05, 0) is 116 Å². The number of hydrogen-bond donors (Lipinski definition) is 0. The maximum absolute atomic E-state index is 12.9. The first-order chi connectivity index (χ1) is 51.0. The molecule has 2 atom stereocenters. The second-order valence-electron chi connectivity index (χ2n) is 30.5. The predicted molar refractivity (Wildman–Crippen MR) is 452 cm³/mol. The van der Waals surface area contributed by atoms with E-state index in [0.717, 1.165) is 109 Å². The van der Waals surface area contributed by atoms with Gasteiger partial charge in [-0.1, -0.05) is 404 Å². The number of phosphoric acid groups is 1. The van der Waals surface area contributed by atoms with E-state index in [2.05, 4.69) is 148 Å². The van der Waals surface area contributed by atoms with Gasteiger partial charge in [-0.25, -0.2) is 0 Å². The molecule has 0 fully saturated rings. The minimum absolute atomic E-state index is 0.0351. The van der Waals surface area contributed by atoms with Crippen molar-refractivity contribution in [2.24, 2.45) is 0 Å². The van der Waals surface area contributed by atoms with Gasteiger partial charge in [0.2, 0.25) is 0 Å². The van der Waals surface area contributed by atoms with Crippen LogP contribution in [-0.4, -0.2) is 70.0 Å². The summed E-state index contributed by atoms with van der Waals surface area (Å²) in [5.74, 6) is -0.828. The Bertz CT molecular complexity index is 2230. The number of carbonyl (C=O) groups excluding carboxylic acids is 2. The lowest BCUT2D eigenvalue weighted by molar-refractivity contribution is -0.870. The number of esters is 2. The van der Waals surface area contributed by atoms with Gasteiger partial charge in [0.25, 0.3) is 7.82 Å². The van der Waals surface area contributed by atoms with Crippen molar-refractivity contribution >= 4 is 19.8 Å². The molecule has 2 unspecified atom stereocenters. The molecule has 104 heavy (non-hydrogen) atoms. The first kappa shape index (κ1) is 100. The molecule has 0 aliphatic carbocycles. The zero-order valence-corrected chi connectivity index (χ0v) is 69.6. The highest BCUT2D eigenvalue weighted by Crippen LogP contribution is 2.38. The number of rotatable bonds is 81. The SMILES string of the molecule is CC/C=C\C/C=C\C/C=C\C/C=C\C/C=C\C/C=C\C/C=C\C/C=C\C/C=C\C/C=C\CCCCCCCCCCCCC(=O)OC(COC(=O)CCCCCCCCCCCCCCCCCCCCCCCCCCCCC/C=C\CCCCCCCCCC)COP(=O)([O-])OCC[N+](C)(C)C. The summed E-state index contributed by atoms with van der Waals surface area (Å²) in [6.45, 7) is 4.16. The second kappa shape index (κ2) is 83.2. The minimum atomic E-state index is -4.66. The smallest absolute Gasteiger partial charge is 0.306 e. The molecule has 0 radical (unpaired) electrons. The fourth-order valence-corrected chi connectivity index (χ4v) is 13.2. The first-order valence-corrected chi connectivity index (χ1v) is 45.4. The monoisotopic (exact) mass is 1470 g/mol. The highest BCUT2D eigenvalue weighted by molar-refractivity contribution is 7.45. The average Bonchev–Trinajstić information content (AvgIpc) is 0.920. The molecule has 0 heterocycles. The molecule has 0 saturated carbocycles. The van der Waals surface area contributed by atoms with Crippen molar-refractivity contribution in [3.8, 4) is 0 Å². The van der Waals surface area contributed by atoms with Gasteiger partial charge < -0.3 is 27.9 Å². The Hall–Kier alpha value is -3.85. The Morgan fingerprint density at radius 3 is 0.827 bits per heavy atom. The summed E-state index contributed by atoms with van der Waals surface area (Å²) in [7, 11) is 1.17. The number of nitrogens with zero attached hydrogens (tertiary/aromatic N) is 1. The normalized spacial score (nSPS) is 13.6. The van der Waals surface area contributed by atoms with E-state index in [9.17, 15) is 19.0 Å². The zero-order chi connectivity index (χ0) is 75.4. The van der Waals surface area contributed by atoms with Crippen LogP contribution < -0.4 is 4.89 Å². The Morgan fingerprint density at radius 1 is 0.308 bits per heavy atom. The molecule has 0 bridgehead atoms. The second-order valence-corrected chi connectivity index (χ2v) is 31.9. The Kier molecular flexibility index (Phi) is 80.1. The van der Waals surface area contributed by atoms with Crippen LogP contribution in [0.25, 0.3) is 0 Å². The third kappa shape index (κ3) is 87.1. The van der Waals surface area contributed by atoms with Gasteiger partial charge in [0, 0.05) is 12.8 Å². The molecule has 0 aliphatic rings. The Balaban J connectivity index is 3.95. The Morgan fingerprint density at radius 2 is 0.548 bits per heavy atom. The van der Waals surface area contributed by atoms with E-state index in [0.29, 0.717) is 17.4 Å². The number of hydrogen-bond acceptors (Lipinski definition) is 8. The van der Waals surface area contributed by atoms with E-state index < -0.39 is 26.5 Å². The summed E-state index contributed by atoms with van der Waals surface area (Å²) in [6.07, 6.45) is 122. The summed E-state index contributed by atoms with van der Waals surface area (Å²) in [5.41, 5.74) is 0. The molecule has 0 saturated heterocycles. The van der Waals surface area contributed by atoms with E-state index in [4.69, 9.17) is 18.5 Å². The van der Waals surface area contributed by atoms with E-state index >= 15 is 0 Å². The van der Waals surface area contributed by atoms with Gasteiger partial charge >= 0.3 is 11.9 Å². The number of ether oxygens (including phenoxy) is 2. The summed E-state index contributed by atoms with van der Waals surface area (Å²) in [6, 6.07) is 0. The third-order valence-corrected chi connectivity index (χ3v) is 20.1. The molecular weight excluding hydrogens is 1300 g/mol. The number of quaternary nitrogens is 1. The lowest BCUT2D eigenvalue weighted by Gasteiger charge is -2.28. The molecular formula is C94H166NO8P. The van der Waals surface area contributed by atoms with Crippen LogP contribution in [0.15, 0.2) is 134 Å². The third-order valence-electron chi connectivity index (χ3n) is 19.2. The molecule has 600 valence electrons. The van der Waals surface area contributed by atoms with E-state index in [1.807, 2.05) is 21.1 Å². The predicted octanol–water partition coefficient (Wildman–Crippen LogP) is 29.2. The van der Waals surface area contributed by atoms with Crippen LogP contribution in [0.3, 0.4) is 0 Å². The van der Waals surface area contributed by atoms with Crippen molar-refractivity contribution in [3.05, 3.63) is 134 Å². The summed E-state index contributed by atoms with van der Waals surface area (Å²) in [5, 5.41) is 0. The molecule has 0 spiro atoms. The highest BCUT2D eigenvalue weighted by Gasteiger charge is 2.22. The van der Waals surface area contributed by atoms with E-state index in [1.54, 1.807) is 0 Å². The van der Waals surface area contributed by atoms with E-state index in [-0.39, 0.29) is 32.0 Å². The van der Waals surface area contributed by atoms with Gasteiger partial charge in [-0.3, -0.25) is 14.2 Å². The maximum Gasteiger partial charge on any atom is 0.306 e. The first-order valence-electron chi connectivity index (χ1n) is 43.9. The van der Waals surface area contributed by atoms with Crippen molar-refractivity contribution in [1.82, 2.24) is 0 Å². The number of unbranched alkanes of at least 4 members (excludes halogenated alkanes) is 45. The van der Waals surface area contributed by atoms with Crippen molar-refractivity contribution in [2.45, 2.75) is 405 Å². The van der Waals surface area contributed by atoms with Gasteiger partial charge in [0.15, 0.2) is 6.10 Å². The minimum Gasteiger partial charge on any atom is -0.756 e. The Labute approximate surface area is 644 Å². The van der Waals surface area contributed by atoms with Gasteiger partial charge in [0.1, 0.15) is 19.8 Å². The molecule has 9 nitrogen and oxygen atoms in total. The van der Waals surface area contributed by atoms with Crippen molar-refractivity contribution < 1.29 is 42.1 Å². The van der Waals surface area contributed by atoms with Crippen LogP contribution in [0.2, 0.25) is 0 Å². The van der Waals surface area contributed by atoms with Gasteiger partial charge in [-0.2, -0.15) is 0 Å². The van der Waals surface area contributed by atoms with Crippen LogP contribution in [-0.2, 0) is 32.7 Å². The summed E-state index contributed by atoms with van der Waals surface area (Å²) in [4.78, 5) is 38.3. The van der Waals surface area contributed by atoms with Crippen molar-refractivity contribution in [2.75, 3.05) is 47.5 Å². The van der Waals surface area contributed by atoms with Crippen LogP contribution in [0.1, 0.15) is 399 Å². The molecule has 0 aromatic rings. The van der Waals surface area contributed by atoms with Gasteiger partial charge in [-0.15, -0.1) is 0 Å². The summed E-state index contributed by atoms with van der Waals surface area (Å²) < 4.78 is 34.5. The standard InChI is InChI=1S/C94H166NO8P/c1-6-8-10-12-14-16-18-20-22-24-26-28-30-32-34-36-38-40-42-44-46-47-49-51-53-55-57-59-61-63-65-67-69-71-73-75-77-79-81-83-85-87-94(97)103-92(91-102-104(98,99)101-89-88-95(3,4)5)90-100-93(96)86-84-82-80-78-76-74-72-70-68-66-64-62-60-58-56-54-52-50-48-45-43-41-39-37-35-33-31-29-27-25-23-21-19-17-15-13-11-9-7-2/h8,10,14,16,20,22,25-28,32,34,38,40,44,46,49,51,55,57,61,63,92H,6-7,9,11-13,15,17-19,21,23-24,29-31,33,35-37,39,41-43,45,47-48,50,52-54,56,58-60,62,64-91H2,1-5H3/b10-8-,16-14-,22-20-,27-25-,28-26-,34-32-,40-38-,46-44-,51-49-,57-55-,63-61-. The number of likely N-dealkylation sites (N-methyl/N-ethyl adjacent to an activating group) is 1. The van der Waals surface area contributed by atoms with Gasteiger partial charge in [0.05, 0.1) is 27.7 Å². The molecule has 0 N–H and O–H groups in total. The van der Waals surface area contributed by atoms with Crippen LogP contribution in [0.5, 0.6) is 0 Å². The molecule has 10 heteroatoms. The van der Waals surface area contributed by atoms with Crippen LogP contribution >= 0.6 is 7.82 Å². The fraction of sp³-hybridized carbons (Fsp3) is 0.745. The molecule has 0 amide bonds. The van der Waals surface area contributed by atoms with Crippen molar-refractivity contribution in [3.63, 3.8) is 0 Å². The van der Waals surface area contributed by atoms with Crippen molar-refractivity contribution in [1.29, 1.82) is 0 Å².